The van der Waals surface area contributed by atoms with E-state index in [4.69, 9.17) is 26.4 Å². The van der Waals surface area contributed by atoms with E-state index in [0.29, 0.717) is 22.7 Å². The Morgan fingerprint density at radius 1 is 0.971 bits per heavy atom. The fraction of sp³-hybridized carbons (Fsp3) is 0.280. The zero-order chi connectivity index (χ0) is 25.5. The number of benzene rings is 2. The lowest BCUT2D eigenvalue weighted by atomic mass is 10.1. The van der Waals surface area contributed by atoms with E-state index >= 15 is 0 Å². The molecular formula is C25H26N2O7S. The van der Waals surface area contributed by atoms with Crippen LogP contribution < -0.4 is 14.4 Å². The second kappa shape index (κ2) is 11.5. The minimum Gasteiger partial charge on any atom is -0.493 e. The molecule has 0 aromatic heterocycles. The third kappa shape index (κ3) is 5.78. The first-order chi connectivity index (χ1) is 16.8. The average Bonchev–Trinajstić information content (AvgIpc) is 3.11. The molecule has 0 radical (unpaired) electrons. The van der Waals surface area contributed by atoms with Crippen LogP contribution in [0.3, 0.4) is 0 Å². The van der Waals surface area contributed by atoms with E-state index in [1.165, 1.54) is 31.1 Å². The molecular weight excluding hydrogens is 472 g/mol. The van der Waals surface area contributed by atoms with Gasteiger partial charge in [-0.2, -0.15) is 0 Å². The Morgan fingerprint density at radius 3 is 2.26 bits per heavy atom. The molecule has 35 heavy (non-hydrogen) atoms. The monoisotopic (exact) mass is 498 g/mol. The van der Waals surface area contributed by atoms with E-state index in [9.17, 15) is 14.4 Å². The SMILES string of the molecule is CCc1ccc(N2C(=O)/C(=C/c3ccc(OCC(=O)OC)c(OC)c3)N(CC(=O)OC)C2=S)cc1. The summed E-state index contributed by atoms with van der Waals surface area (Å²) in [5, 5.41) is 0.167. The predicted molar refractivity (Wildman–Crippen MR) is 133 cm³/mol. The highest BCUT2D eigenvalue weighted by atomic mass is 32.1. The third-order valence-electron chi connectivity index (χ3n) is 5.32. The third-order valence-corrected chi connectivity index (χ3v) is 5.72. The number of methoxy groups -OCH3 is 3. The summed E-state index contributed by atoms with van der Waals surface area (Å²) in [6.07, 6.45) is 2.46. The maximum atomic E-state index is 13.5. The van der Waals surface area contributed by atoms with Gasteiger partial charge in [0.05, 0.1) is 27.0 Å². The number of esters is 2. The first kappa shape index (κ1) is 25.7. The minimum atomic E-state index is -0.543. The second-order valence-electron chi connectivity index (χ2n) is 7.41. The standard InChI is InChI=1S/C25H26N2O7S/c1-5-16-6-9-18(10-7-16)27-24(30)19(26(25(27)35)14-22(28)32-3)12-17-8-11-20(21(13-17)31-2)34-15-23(29)33-4/h6-13H,5,14-15H2,1-4H3/b19-12-. The molecule has 0 N–H and O–H groups in total. The van der Waals surface area contributed by atoms with Gasteiger partial charge in [0.15, 0.2) is 23.2 Å². The van der Waals surface area contributed by atoms with Crippen LogP contribution in [0.1, 0.15) is 18.1 Å². The number of anilines is 1. The molecule has 1 aliphatic rings. The molecule has 184 valence electrons. The summed E-state index contributed by atoms with van der Waals surface area (Å²) < 4.78 is 20.2. The molecule has 1 heterocycles. The van der Waals surface area contributed by atoms with E-state index in [2.05, 4.69) is 4.74 Å². The zero-order valence-corrected chi connectivity index (χ0v) is 20.7. The summed E-state index contributed by atoms with van der Waals surface area (Å²) in [7, 11) is 3.99. The van der Waals surface area contributed by atoms with Gasteiger partial charge in [0.1, 0.15) is 12.2 Å². The highest BCUT2D eigenvalue weighted by molar-refractivity contribution is 7.80. The van der Waals surface area contributed by atoms with Gasteiger partial charge in [-0.15, -0.1) is 0 Å². The Hall–Kier alpha value is -3.92. The van der Waals surface area contributed by atoms with Crippen molar-refractivity contribution in [2.75, 3.05) is 39.4 Å². The number of ether oxygens (including phenoxy) is 4. The van der Waals surface area contributed by atoms with Crippen LogP contribution in [0, 0.1) is 0 Å². The Kier molecular flexibility index (Phi) is 8.43. The van der Waals surface area contributed by atoms with Crippen LogP contribution >= 0.6 is 12.2 Å². The number of thiocarbonyl (C=S) groups is 1. The van der Waals surface area contributed by atoms with Crippen molar-refractivity contribution in [2.45, 2.75) is 13.3 Å². The van der Waals surface area contributed by atoms with Gasteiger partial charge in [-0.3, -0.25) is 14.5 Å². The van der Waals surface area contributed by atoms with Crippen LogP contribution in [0.4, 0.5) is 5.69 Å². The molecule has 0 aliphatic carbocycles. The number of hydrogen-bond acceptors (Lipinski definition) is 8. The molecule has 0 unspecified atom stereocenters. The maximum Gasteiger partial charge on any atom is 0.343 e. The summed E-state index contributed by atoms with van der Waals surface area (Å²) in [6.45, 7) is 1.53. The maximum absolute atomic E-state index is 13.5. The molecule has 10 heteroatoms. The van der Waals surface area contributed by atoms with Gasteiger partial charge in [-0.05, 0) is 60.1 Å². The molecule has 3 rings (SSSR count). The van der Waals surface area contributed by atoms with Crippen molar-refractivity contribution < 1.29 is 33.3 Å². The Labute approximate surface area is 208 Å². The Bertz CT molecular complexity index is 1160. The Balaban J connectivity index is 1.98. The molecule has 0 bridgehead atoms. The summed E-state index contributed by atoms with van der Waals surface area (Å²) in [5.74, 6) is -0.777. The van der Waals surface area contributed by atoms with Crippen molar-refractivity contribution in [3.05, 3.63) is 59.3 Å². The van der Waals surface area contributed by atoms with E-state index in [1.807, 2.05) is 31.2 Å². The van der Waals surface area contributed by atoms with E-state index < -0.39 is 11.9 Å². The van der Waals surface area contributed by atoms with Gasteiger partial charge in [0.2, 0.25) is 0 Å². The Morgan fingerprint density at radius 2 is 1.66 bits per heavy atom. The van der Waals surface area contributed by atoms with Crippen LogP contribution in [0.5, 0.6) is 11.5 Å². The number of carbonyl (C=O) groups excluding carboxylic acids is 3. The number of nitrogens with zero attached hydrogens (tertiary/aromatic N) is 2. The summed E-state index contributed by atoms with van der Waals surface area (Å²) in [5.41, 5.74) is 2.51. The van der Waals surface area contributed by atoms with Crippen molar-refractivity contribution in [1.82, 2.24) is 4.90 Å². The van der Waals surface area contributed by atoms with Gasteiger partial charge in [0, 0.05) is 0 Å². The highest BCUT2D eigenvalue weighted by Crippen LogP contribution is 2.32. The first-order valence-electron chi connectivity index (χ1n) is 10.7. The minimum absolute atomic E-state index is 0.167. The number of amides is 1. The molecule has 1 saturated heterocycles. The van der Waals surface area contributed by atoms with Crippen LogP contribution in [0.2, 0.25) is 0 Å². The molecule has 1 amide bonds. The molecule has 0 atom stereocenters. The molecule has 0 spiro atoms. The highest BCUT2D eigenvalue weighted by Gasteiger charge is 2.40. The smallest absolute Gasteiger partial charge is 0.343 e. The van der Waals surface area contributed by atoms with Crippen LogP contribution in [0.25, 0.3) is 6.08 Å². The zero-order valence-electron chi connectivity index (χ0n) is 19.9. The lowest BCUT2D eigenvalue weighted by molar-refractivity contribution is -0.143. The van der Waals surface area contributed by atoms with Crippen LogP contribution in [-0.4, -0.2) is 62.3 Å². The molecule has 1 fully saturated rings. The topological polar surface area (TPSA) is 94.6 Å². The number of hydrogen-bond donors (Lipinski definition) is 0. The van der Waals surface area contributed by atoms with Crippen LogP contribution in [0.15, 0.2) is 48.2 Å². The molecule has 2 aromatic rings. The lowest BCUT2D eigenvalue weighted by Gasteiger charge is -2.19. The second-order valence-corrected chi connectivity index (χ2v) is 7.78. The van der Waals surface area contributed by atoms with Crippen molar-refractivity contribution in [3.8, 4) is 11.5 Å². The largest absolute Gasteiger partial charge is 0.493 e. The van der Waals surface area contributed by atoms with Crippen molar-refractivity contribution in [2.24, 2.45) is 0 Å². The first-order valence-corrected chi connectivity index (χ1v) is 11.1. The fourth-order valence-corrected chi connectivity index (χ4v) is 3.73. The van der Waals surface area contributed by atoms with E-state index in [1.54, 1.807) is 24.3 Å². The molecule has 0 saturated carbocycles. The van der Waals surface area contributed by atoms with Gasteiger partial charge < -0.3 is 23.8 Å². The summed E-state index contributed by atoms with van der Waals surface area (Å²) in [4.78, 5) is 39.7. The van der Waals surface area contributed by atoms with Crippen molar-refractivity contribution in [3.63, 3.8) is 0 Å². The molecule has 9 nitrogen and oxygen atoms in total. The normalized spacial score (nSPS) is 14.3. The van der Waals surface area contributed by atoms with Gasteiger partial charge >= 0.3 is 11.9 Å². The summed E-state index contributed by atoms with van der Waals surface area (Å²) >= 11 is 5.58. The molecule has 2 aromatic carbocycles. The number of rotatable bonds is 9. The lowest BCUT2D eigenvalue weighted by Crippen LogP contribution is -2.35. The predicted octanol–water partition coefficient (Wildman–Crippen LogP) is 2.96. The quantitative estimate of drug-likeness (QED) is 0.294. The van der Waals surface area contributed by atoms with Gasteiger partial charge in [-0.25, -0.2) is 4.79 Å². The van der Waals surface area contributed by atoms with E-state index in [-0.39, 0.29) is 29.9 Å². The van der Waals surface area contributed by atoms with Gasteiger partial charge in [-0.1, -0.05) is 25.1 Å². The average molecular weight is 499 g/mol. The number of aryl methyl sites for hydroxylation is 1. The van der Waals surface area contributed by atoms with Gasteiger partial charge in [0.25, 0.3) is 5.91 Å². The van der Waals surface area contributed by atoms with Crippen molar-refractivity contribution >= 4 is 46.9 Å². The summed E-state index contributed by atoms with van der Waals surface area (Å²) in [6, 6.07) is 12.4. The van der Waals surface area contributed by atoms with Crippen LogP contribution in [-0.2, 0) is 30.3 Å². The van der Waals surface area contributed by atoms with Crippen molar-refractivity contribution in [1.29, 1.82) is 0 Å². The molecule has 1 aliphatic heterocycles. The fourth-order valence-electron chi connectivity index (χ4n) is 3.38. The number of carbonyl (C=O) groups is 3. The van der Waals surface area contributed by atoms with E-state index in [0.717, 1.165) is 12.0 Å².